The van der Waals surface area contributed by atoms with Gasteiger partial charge in [0.05, 0.1) is 6.61 Å². The molecule has 5 heteroatoms. The van der Waals surface area contributed by atoms with E-state index in [1.54, 1.807) is 53.4 Å². The quantitative estimate of drug-likeness (QED) is 0.748. The molecule has 0 unspecified atom stereocenters. The van der Waals surface area contributed by atoms with Crippen LogP contribution in [0, 0.1) is 5.92 Å². The minimum atomic E-state index is -0.201. The molecule has 0 fully saturated rings. The van der Waals surface area contributed by atoms with E-state index < -0.39 is 0 Å². The van der Waals surface area contributed by atoms with Crippen molar-refractivity contribution < 1.29 is 14.3 Å². The largest absolute Gasteiger partial charge is 0.493 e. The fourth-order valence-electron chi connectivity index (χ4n) is 2.56. The fourth-order valence-corrected chi connectivity index (χ4v) is 2.56. The minimum Gasteiger partial charge on any atom is -0.493 e. The Hall–Kier alpha value is -2.82. The average molecular weight is 368 g/mol. The van der Waals surface area contributed by atoms with E-state index in [1.165, 1.54) is 0 Å². The molecule has 0 heterocycles. The van der Waals surface area contributed by atoms with Gasteiger partial charge in [0, 0.05) is 29.9 Å². The maximum absolute atomic E-state index is 12.4. The Morgan fingerprint density at radius 2 is 1.48 bits per heavy atom. The number of hydrogen-bond donors (Lipinski definition) is 1. The second-order valence-corrected chi connectivity index (χ2v) is 6.74. The van der Waals surface area contributed by atoms with Crippen molar-refractivity contribution in [2.45, 2.75) is 27.7 Å². The van der Waals surface area contributed by atoms with Gasteiger partial charge in [-0.15, -0.1) is 0 Å². The van der Waals surface area contributed by atoms with Gasteiger partial charge in [-0.3, -0.25) is 9.59 Å². The molecule has 0 saturated carbocycles. The van der Waals surface area contributed by atoms with Gasteiger partial charge < -0.3 is 15.0 Å². The Kier molecular flexibility index (Phi) is 7.41. The summed E-state index contributed by atoms with van der Waals surface area (Å²) in [6.07, 6.45) is 0. The Balaban J connectivity index is 1.98. The Morgan fingerprint density at radius 3 is 2.00 bits per heavy atom. The molecule has 1 N–H and O–H groups in total. The number of anilines is 1. The molecule has 0 aliphatic heterocycles. The van der Waals surface area contributed by atoms with E-state index >= 15 is 0 Å². The molecule has 0 aliphatic carbocycles. The van der Waals surface area contributed by atoms with E-state index in [0.717, 1.165) is 5.75 Å². The highest BCUT2D eigenvalue weighted by Crippen LogP contribution is 2.16. The molecule has 2 amide bonds. The molecular formula is C22H28N2O3. The van der Waals surface area contributed by atoms with E-state index in [1.807, 2.05) is 13.8 Å². The topological polar surface area (TPSA) is 58.6 Å². The third-order valence-corrected chi connectivity index (χ3v) is 4.14. The fraction of sp³-hybridized carbons (Fsp3) is 0.364. The predicted molar refractivity (Wildman–Crippen MR) is 108 cm³/mol. The number of carbonyl (C=O) groups is 2. The highest BCUT2D eigenvalue weighted by Gasteiger charge is 2.12. The standard InChI is InChI=1S/C22H28N2O3/c1-5-24(6-2)22(26)18-7-11-19(12-8-18)23-21(25)17-9-13-20(14-10-17)27-15-16(3)4/h7-14,16H,5-6,15H2,1-4H3,(H,23,25). The van der Waals surface area contributed by atoms with E-state index in [9.17, 15) is 9.59 Å². The number of rotatable bonds is 8. The minimum absolute atomic E-state index is 0.00476. The molecule has 0 radical (unpaired) electrons. The van der Waals surface area contributed by atoms with Crippen LogP contribution in [0.25, 0.3) is 0 Å². The first-order valence-electron chi connectivity index (χ1n) is 9.38. The van der Waals surface area contributed by atoms with Crippen molar-refractivity contribution in [3.05, 3.63) is 59.7 Å². The van der Waals surface area contributed by atoms with Crippen LogP contribution < -0.4 is 10.1 Å². The Bertz CT molecular complexity index is 748. The van der Waals surface area contributed by atoms with E-state index in [0.29, 0.717) is 42.4 Å². The summed E-state index contributed by atoms with van der Waals surface area (Å²) in [6.45, 7) is 10.1. The zero-order chi connectivity index (χ0) is 19.8. The number of carbonyl (C=O) groups excluding carboxylic acids is 2. The molecule has 0 bridgehead atoms. The lowest BCUT2D eigenvalue weighted by Gasteiger charge is -2.18. The van der Waals surface area contributed by atoms with Crippen molar-refractivity contribution in [3.8, 4) is 5.75 Å². The van der Waals surface area contributed by atoms with E-state index in [-0.39, 0.29) is 11.8 Å². The van der Waals surface area contributed by atoms with Crippen molar-refractivity contribution in [1.82, 2.24) is 4.90 Å². The number of ether oxygens (including phenoxy) is 1. The molecule has 2 aromatic carbocycles. The molecule has 0 aromatic heterocycles. The monoisotopic (exact) mass is 368 g/mol. The van der Waals surface area contributed by atoms with Crippen LogP contribution in [0.15, 0.2) is 48.5 Å². The summed E-state index contributed by atoms with van der Waals surface area (Å²) in [5, 5.41) is 2.85. The van der Waals surface area contributed by atoms with Crippen LogP contribution in [0.5, 0.6) is 5.75 Å². The maximum Gasteiger partial charge on any atom is 0.255 e. The zero-order valence-electron chi connectivity index (χ0n) is 16.5. The molecule has 0 saturated heterocycles. The van der Waals surface area contributed by atoms with E-state index in [2.05, 4.69) is 19.2 Å². The lowest BCUT2D eigenvalue weighted by atomic mass is 10.1. The van der Waals surface area contributed by atoms with Crippen LogP contribution in [0.3, 0.4) is 0 Å². The Morgan fingerprint density at radius 1 is 0.926 bits per heavy atom. The normalized spacial score (nSPS) is 10.6. The summed E-state index contributed by atoms with van der Waals surface area (Å²) < 4.78 is 5.63. The van der Waals surface area contributed by atoms with Crippen LogP contribution in [0.4, 0.5) is 5.69 Å². The molecule has 0 aliphatic rings. The first kappa shape index (κ1) is 20.5. The van der Waals surface area contributed by atoms with Crippen molar-refractivity contribution >= 4 is 17.5 Å². The van der Waals surface area contributed by atoms with Gasteiger partial charge in [-0.2, -0.15) is 0 Å². The summed E-state index contributed by atoms with van der Waals surface area (Å²) in [7, 11) is 0. The number of amides is 2. The molecule has 2 rings (SSSR count). The van der Waals surface area contributed by atoms with Crippen molar-refractivity contribution in [1.29, 1.82) is 0 Å². The average Bonchev–Trinajstić information content (AvgIpc) is 2.68. The van der Waals surface area contributed by atoms with Gasteiger partial charge in [-0.1, -0.05) is 13.8 Å². The van der Waals surface area contributed by atoms with Gasteiger partial charge in [0.25, 0.3) is 11.8 Å². The number of nitrogens with zero attached hydrogens (tertiary/aromatic N) is 1. The third-order valence-electron chi connectivity index (χ3n) is 4.14. The van der Waals surface area contributed by atoms with Crippen LogP contribution >= 0.6 is 0 Å². The smallest absolute Gasteiger partial charge is 0.255 e. The molecule has 144 valence electrons. The van der Waals surface area contributed by atoms with E-state index in [4.69, 9.17) is 4.74 Å². The van der Waals surface area contributed by atoms with Gasteiger partial charge in [0.1, 0.15) is 5.75 Å². The highest BCUT2D eigenvalue weighted by atomic mass is 16.5. The second kappa shape index (κ2) is 9.76. The van der Waals surface area contributed by atoms with Crippen LogP contribution in [-0.2, 0) is 0 Å². The zero-order valence-corrected chi connectivity index (χ0v) is 16.5. The summed E-state index contributed by atoms with van der Waals surface area (Å²) in [5.41, 5.74) is 1.81. The molecule has 27 heavy (non-hydrogen) atoms. The summed E-state index contributed by atoms with van der Waals surface area (Å²) in [4.78, 5) is 26.5. The maximum atomic E-state index is 12.4. The predicted octanol–water partition coefficient (Wildman–Crippen LogP) is 4.46. The summed E-state index contributed by atoms with van der Waals surface area (Å²) in [6, 6.07) is 14.0. The van der Waals surface area contributed by atoms with Crippen molar-refractivity contribution in [3.63, 3.8) is 0 Å². The van der Waals surface area contributed by atoms with Crippen molar-refractivity contribution in [2.75, 3.05) is 25.0 Å². The first-order chi connectivity index (χ1) is 12.9. The molecule has 5 nitrogen and oxygen atoms in total. The van der Waals surface area contributed by atoms with Gasteiger partial charge in [0.15, 0.2) is 0 Å². The van der Waals surface area contributed by atoms with Gasteiger partial charge in [0.2, 0.25) is 0 Å². The van der Waals surface area contributed by atoms with Crippen LogP contribution in [0.2, 0.25) is 0 Å². The van der Waals surface area contributed by atoms with Crippen molar-refractivity contribution in [2.24, 2.45) is 5.92 Å². The van der Waals surface area contributed by atoms with Gasteiger partial charge in [-0.25, -0.2) is 0 Å². The number of benzene rings is 2. The lowest BCUT2D eigenvalue weighted by Crippen LogP contribution is -2.30. The van der Waals surface area contributed by atoms with Crippen LogP contribution in [-0.4, -0.2) is 36.4 Å². The van der Waals surface area contributed by atoms with Gasteiger partial charge >= 0.3 is 0 Å². The number of nitrogens with one attached hydrogen (secondary N) is 1. The highest BCUT2D eigenvalue weighted by molar-refractivity contribution is 6.04. The van der Waals surface area contributed by atoms with Gasteiger partial charge in [-0.05, 0) is 68.3 Å². The SMILES string of the molecule is CCN(CC)C(=O)c1ccc(NC(=O)c2ccc(OCC(C)C)cc2)cc1. The molecule has 2 aromatic rings. The van der Waals surface area contributed by atoms with Crippen LogP contribution in [0.1, 0.15) is 48.4 Å². The molecule has 0 spiro atoms. The second-order valence-electron chi connectivity index (χ2n) is 6.74. The Labute approximate surface area is 161 Å². The third kappa shape index (κ3) is 5.84. The lowest BCUT2D eigenvalue weighted by molar-refractivity contribution is 0.0773. The molecular weight excluding hydrogens is 340 g/mol. The first-order valence-corrected chi connectivity index (χ1v) is 9.38. The molecule has 0 atom stereocenters. The summed E-state index contributed by atoms with van der Waals surface area (Å²) in [5.74, 6) is 0.993. The summed E-state index contributed by atoms with van der Waals surface area (Å²) >= 11 is 0. The number of hydrogen-bond acceptors (Lipinski definition) is 3.